The second-order valence-corrected chi connectivity index (χ2v) is 13.2. The summed E-state index contributed by atoms with van der Waals surface area (Å²) < 4.78 is 131. The maximum absolute atomic E-state index is 14.8. The van der Waals surface area contributed by atoms with Crippen LogP contribution in [-0.4, -0.2) is 59.5 Å². The fourth-order valence-corrected chi connectivity index (χ4v) is 7.19. The van der Waals surface area contributed by atoms with Crippen LogP contribution in [0.15, 0.2) is 107 Å². The molecule has 6 rings (SSSR count). The van der Waals surface area contributed by atoms with Crippen LogP contribution in [0, 0.1) is 11.6 Å². The molecule has 1 amide bonds. The van der Waals surface area contributed by atoms with Crippen molar-refractivity contribution in [3.8, 4) is 11.1 Å². The lowest BCUT2D eigenvalue weighted by atomic mass is 10.00. The van der Waals surface area contributed by atoms with E-state index in [2.05, 4.69) is 4.74 Å². The Bertz CT molecular complexity index is 2350. The van der Waals surface area contributed by atoms with Gasteiger partial charge in [0.2, 0.25) is 5.91 Å². The van der Waals surface area contributed by atoms with E-state index in [-0.39, 0.29) is 58.7 Å². The van der Waals surface area contributed by atoms with Gasteiger partial charge in [-0.3, -0.25) is 9.59 Å². The molecule has 0 N–H and O–H groups in total. The molecular weight excluding hydrogens is 698 g/mol. The van der Waals surface area contributed by atoms with Crippen LogP contribution in [0.5, 0.6) is 0 Å². The highest BCUT2D eigenvalue weighted by molar-refractivity contribution is 7.98. The maximum Gasteiger partial charge on any atom is 0.416 e. The van der Waals surface area contributed by atoms with Crippen LogP contribution in [-0.2, 0) is 34.5 Å². The van der Waals surface area contributed by atoms with Gasteiger partial charge in [0.1, 0.15) is 6.54 Å². The minimum atomic E-state index is -4.53. The number of nitrogens with zero attached hydrogens (tertiary/aromatic N) is 3. The smallest absolute Gasteiger partial charge is 0.383 e. The number of aromatic nitrogens is 1. The number of amides is 1. The van der Waals surface area contributed by atoms with Crippen molar-refractivity contribution in [3.05, 3.63) is 136 Å². The topological polar surface area (TPSA) is 54.8 Å². The van der Waals surface area contributed by atoms with Crippen molar-refractivity contribution in [2.45, 2.75) is 48.9 Å². The number of likely N-dealkylation sites (tertiary alicyclic amines) is 1. The van der Waals surface area contributed by atoms with Crippen molar-refractivity contribution in [3.63, 3.8) is 0 Å². The Morgan fingerprint density at radius 3 is 2.35 bits per heavy atom. The average Bonchev–Trinajstić information content (AvgIpc) is 3.16. The lowest BCUT2D eigenvalue weighted by molar-refractivity contribution is -0.137. The third kappa shape index (κ3) is 8.74. The number of para-hydroxylation sites is 1. The molecule has 0 unspecified atom stereocenters. The van der Waals surface area contributed by atoms with Crippen molar-refractivity contribution in [2.75, 3.05) is 33.2 Å². The fourth-order valence-electron chi connectivity index (χ4n) is 6.15. The van der Waals surface area contributed by atoms with Crippen molar-refractivity contribution in [1.82, 2.24) is 14.4 Å². The van der Waals surface area contributed by atoms with E-state index in [1.54, 1.807) is 29.2 Å². The van der Waals surface area contributed by atoms with Crippen LogP contribution in [0.2, 0.25) is 0 Å². The summed E-state index contributed by atoms with van der Waals surface area (Å²) >= 11 is 0.991. The number of hydrogen-bond acceptors (Lipinski definition) is 5. The Morgan fingerprint density at radius 1 is 0.962 bits per heavy atom. The van der Waals surface area contributed by atoms with E-state index in [0.29, 0.717) is 16.6 Å². The van der Waals surface area contributed by atoms with E-state index in [1.807, 2.05) is 0 Å². The molecule has 0 spiro atoms. The summed E-state index contributed by atoms with van der Waals surface area (Å²) in [6.45, 7) is -5.66. The predicted molar refractivity (Wildman–Crippen MR) is 193 cm³/mol. The molecule has 1 aromatic heterocycles. The highest BCUT2D eigenvalue weighted by Gasteiger charge is 2.31. The highest BCUT2D eigenvalue weighted by atomic mass is 32.2. The molecule has 1 saturated heterocycles. The molecule has 0 saturated carbocycles. The van der Waals surface area contributed by atoms with Crippen molar-refractivity contribution < 1.29 is 41.1 Å². The second kappa shape index (κ2) is 16.4. The van der Waals surface area contributed by atoms with Gasteiger partial charge in [-0.25, -0.2) is 8.78 Å². The van der Waals surface area contributed by atoms with Gasteiger partial charge in [-0.2, -0.15) is 13.2 Å². The number of benzene rings is 4. The molecule has 12 heteroatoms. The van der Waals surface area contributed by atoms with Crippen molar-refractivity contribution in [1.29, 1.82) is 0 Å². The Hall–Kier alpha value is -4.52. The number of hydrogen-bond donors (Lipinski definition) is 0. The number of alkyl halides is 3. The Kier molecular flexibility index (Phi) is 9.16. The molecule has 0 bridgehead atoms. The number of ether oxygens (including phenoxy) is 1. The monoisotopic (exact) mass is 742 g/mol. The largest absolute Gasteiger partial charge is 0.416 e. The van der Waals surface area contributed by atoms with Gasteiger partial charge in [-0.05, 0) is 59.9 Å². The van der Waals surface area contributed by atoms with Gasteiger partial charge in [0, 0.05) is 62.0 Å². The van der Waals surface area contributed by atoms with Crippen molar-refractivity contribution >= 4 is 28.6 Å². The molecule has 1 fully saturated rings. The minimum absolute atomic E-state index is 0.0200. The molecule has 0 aliphatic carbocycles. The zero-order chi connectivity index (χ0) is 42.9. The number of rotatable bonds is 12. The summed E-state index contributed by atoms with van der Waals surface area (Å²) in [5, 5.41) is 0.496. The summed E-state index contributed by atoms with van der Waals surface area (Å²) in [5.74, 6) is -2.93. The Balaban J connectivity index is 1.34. The van der Waals surface area contributed by atoms with Gasteiger partial charge in [-0.1, -0.05) is 60.7 Å². The van der Waals surface area contributed by atoms with E-state index in [1.165, 1.54) is 59.2 Å². The van der Waals surface area contributed by atoms with E-state index >= 15 is 0 Å². The molecule has 52 heavy (non-hydrogen) atoms. The van der Waals surface area contributed by atoms with E-state index in [0.717, 1.165) is 34.9 Å². The number of carbonyl (C=O) groups is 1. The summed E-state index contributed by atoms with van der Waals surface area (Å²) in [4.78, 5) is 30.7. The summed E-state index contributed by atoms with van der Waals surface area (Å²) in [7, 11) is -2.99. The average molecular weight is 743 g/mol. The molecular formula is C40H38F5N3O3S. The molecule has 0 radical (unpaired) electrons. The number of methoxy groups -OCH3 is 1. The van der Waals surface area contributed by atoms with E-state index < -0.39 is 68.5 Å². The van der Waals surface area contributed by atoms with Gasteiger partial charge in [0.25, 0.3) is 0 Å². The summed E-state index contributed by atoms with van der Waals surface area (Å²) in [6, 6.07) is 21.1. The second-order valence-electron chi connectivity index (χ2n) is 12.2. The first-order valence-electron chi connectivity index (χ1n) is 19.8. The summed E-state index contributed by atoms with van der Waals surface area (Å²) in [5.41, 5.74) is 0.132. The maximum atomic E-state index is 14.8. The highest BCUT2D eigenvalue weighted by Crippen LogP contribution is 2.32. The van der Waals surface area contributed by atoms with E-state index in [9.17, 15) is 34.3 Å². The number of piperidine rings is 1. The molecule has 1 aliphatic rings. The predicted octanol–water partition coefficient (Wildman–Crippen LogP) is 8.40. The number of carbonyl (C=O) groups excluding carboxylic acids is 1. The first-order valence-corrected chi connectivity index (χ1v) is 17.3. The van der Waals surface area contributed by atoms with E-state index in [4.69, 9.17) is 6.85 Å². The number of thioether (sulfide) groups is 1. The third-order valence-corrected chi connectivity index (χ3v) is 10.0. The molecule has 1 aliphatic heterocycles. The van der Waals surface area contributed by atoms with Crippen LogP contribution in [0.3, 0.4) is 0 Å². The molecule has 4 aromatic carbocycles. The number of halogens is 5. The SMILES string of the molecule is [2H]C([2H])([2H])OC([2H])([2H])CN1CCC(N(C(=O)Cn2c(SCc3cccc(F)c3F)cc(=O)c3ccccc32)C([2H])([2H])c2ccc(-c3ccc(C(F)(F)F)cc3)cc2)CC1. The minimum Gasteiger partial charge on any atom is -0.383 e. The number of fused-ring (bicyclic) bond motifs is 1. The van der Waals surface area contributed by atoms with Crippen LogP contribution in [0.1, 0.15) is 39.1 Å². The summed E-state index contributed by atoms with van der Waals surface area (Å²) in [6.07, 6.45) is -4.24. The first-order chi connectivity index (χ1) is 27.6. The fraction of sp³-hybridized carbons (Fsp3) is 0.300. The van der Waals surface area contributed by atoms with Crippen LogP contribution >= 0.6 is 11.8 Å². The zero-order valence-electron chi connectivity index (χ0n) is 34.6. The van der Waals surface area contributed by atoms with Gasteiger partial charge in [0.05, 0.1) is 32.3 Å². The normalized spacial score (nSPS) is 17.0. The first kappa shape index (κ1) is 29.0. The van der Waals surface area contributed by atoms with Gasteiger partial charge < -0.3 is 19.1 Å². The van der Waals surface area contributed by atoms with Crippen LogP contribution in [0.25, 0.3) is 22.0 Å². The lowest BCUT2D eigenvalue weighted by Gasteiger charge is -2.39. The molecule has 2 heterocycles. The Morgan fingerprint density at radius 2 is 1.65 bits per heavy atom. The lowest BCUT2D eigenvalue weighted by Crippen LogP contribution is -2.48. The quantitative estimate of drug-likeness (QED) is 0.0950. The van der Waals surface area contributed by atoms with Crippen LogP contribution < -0.4 is 5.43 Å². The van der Waals surface area contributed by atoms with Gasteiger partial charge >= 0.3 is 6.18 Å². The molecule has 5 aromatic rings. The standard InChI is InChI=1S/C40H38F5N3O3S/c1-51-22-21-46-19-17-32(18-20-46)47(24-27-9-11-28(12-10-27)29-13-15-31(16-14-29)40(43,44)45)37(50)25-48-35-8-3-2-6-33(35)36(49)23-38(48)52-26-30-5-4-7-34(41)39(30)42/h2-16,23,32H,17-22,24-26H2,1H3/i1D3,22D2,24D2. The van der Waals surface area contributed by atoms with Gasteiger partial charge in [-0.15, -0.1) is 11.8 Å². The van der Waals surface area contributed by atoms with Crippen molar-refractivity contribution in [2.24, 2.45) is 0 Å². The van der Waals surface area contributed by atoms with Gasteiger partial charge in [0.15, 0.2) is 17.1 Å². The van der Waals surface area contributed by atoms with Crippen LogP contribution in [0.4, 0.5) is 22.0 Å². The zero-order valence-corrected chi connectivity index (χ0v) is 28.4. The molecule has 0 atom stereocenters. The number of pyridine rings is 1. The third-order valence-electron chi connectivity index (χ3n) is 8.91. The Labute approximate surface area is 312 Å². The molecule has 6 nitrogen and oxygen atoms in total. The molecule has 272 valence electrons.